The van der Waals surface area contributed by atoms with Crippen LogP contribution in [0.2, 0.25) is 0 Å². The van der Waals surface area contributed by atoms with Crippen molar-refractivity contribution in [3.63, 3.8) is 0 Å². The van der Waals surface area contributed by atoms with E-state index in [4.69, 9.17) is 4.74 Å². The second kappa shape index (κ2) is 6.67. The summed E-state index contributed by atoms with van der Waals surface area (Å²) in [7, 11) is -3.80. The van der Waals surface area contributed by atoms with Crippen molar-refractivity contribution in [2.75, 3.05) is 24.7 Å². The number of carboxylic acids is 1. The molecule has 1 atom stereocenters. The molecule has 1 aliphatic heterocycles. The molecule has 1 aliphatic rings. The van der Waals surface area contributed by atoms with Crippen molar-refractivity contribution < 1.29 is 23.1 Å². The Kier molecular flexibility index (Phi) is 5.13. The number of ether oxygens (including phenoxy) is 1. The van der Waals surface area contributed by atoms with Crippen LogP contribution in [0, 0.1) is 0 Å². The maximum atomic E-state index is 12.6. The van der Waals surface area contributed by atoms with Gasteiger partial charge < -0.3 is 9.84 Å². The third-order valence-corrected chi connectivity index (χ3v) is 6.05. The number of benzene rings is 1. The van der Waals surface area contributed by atoms with Gasteiger partial charge in [-0.3, -0.25) is 4.79 Å². The fraction of sp³-hybridized carbons (Fsp3) is 0.462. The Morgan fingerprint density at radius 1 is 1.43 bits per heavy atom. The van der Waals surface area contributed by atoms with Gasteiger partial charge in [-0.15, -0.1) is 0 Å². The first kappa shape index (κ1) is 16.1. The second-order valence-electron chi connectivity index (χ2n) is 4.45. The van der Waals surface area contributed by atoms with Gasteiger partial charge in [-0.1, -0.05) is 0 Å². The Labute approximate surface area is 128 Å². The molecule has 1 fully saturated rings. The van der Waals surface area contributed by atoms with Gasteiger partial charge >= 0.3 is 5.97 Å². The van der Waals surface area contributed by atoms with Crippen LogP contribution in [0.5, 0.6) is 5.75 Å². The largest absolute Gasteiger partial charge is 0.494 e. The molecule has 0 spiro atoms. The third-order valence-electron chi connectivity index (χ3n) is 3.11. The second-order valence-corrected chi connectivity index (χ2v) is 7.49. The molecule has 21 heavy (non-hydrogen) atoms. The maximum Gasteiger partial charge on any atom is 0.322 e. The minimum absolute atomic E-state index is 0.0871. The highest BCUT2D eigenvalue weighted by Crippen LogP contribution is 2.26. The zero-order valence-corrected chi connectivity index (χ0v) is 13.2. The average molecular weight is 331 g/mol. The summed E-state index contributed by atoms with van der Waals surface area (Å²) in [6, 6.07) is 5.03. The number of nitrogens with zero attached hydrogens (tertiary/aromatic N) is 1. The van der Waals surface area contributed by atoms with Crippen LogP contribution in [0.1, 0.15) is 6.92 Å². The van der Waals surface area contributed by atoms with E-state index in [0.717, 1.165) is 4.31 Å². The first-order valence-electron chi connectivity index (χ1n) is 6.52. The Hall–Kier alpha value is -1.25. The molecule has 116 valence electrons. The van der Waals surface area contributed by atoms with Gasteiger partial charge in [0.2, 0.25) is 10.0 Å². The molecule has 0 bridgehead atoms. The van der Waals surface area contributed by atoms with Gasteiger partial charge in [0.15, 0.2) is 0 Å². The smallest absolute Gasteiger partial charge is 0.322 e. The molecule has 1 saturated heterocycles. The van der Waals surface area contributed by atoms with Crippen molar-refractivity contribution in [2.24, 2.45) is 0 Å². The van der Waals surface area contributed by atoms with Gasteiger partial charge in [-0.2, -0.15) is 16.1 Å². The van der Waals surface area contributed by atoms with Crippen LogP contribution >= 0.6 is 11.8 Å². The highest BCUT2D eigenvalue weighted by molar-refractivity contribution is 7.99. The third kappa shape index (κ3) is 3.50. The molecule has 1 heterocycles. The van der Waals surface area contributed by atoms with Crippen LogP contribution in [0.3, 0.4) is 0 Å². The van der Waals surface area contributed by atoms with Gasteiger partial charge in [0.05, 0.1) is 11.5 Å². The summed E-state index contributed by atoms with van der Waals surface area (Å²) in [5, 5.41) is 9.19. The van der Waals surface area contributed by atoms with Crippen molar-refractivity contribution in [2.45, 2.75) is 17.9 Å². The topological polar surface area (TPSA) is 83.9 Å². The number of aliphatic carboxylic acids is 1. The summed E-state index contributed by atoms with van der Waals surface area (Å²) < 4.78 is 31.5. The molecule has 0 radical (unpaired) electrons. The minimum Gasteiger partial charge on any atom is -0.494 e. The highest BCUT2D eigenvalue weighted by atomic mass is 32.2. The fourth-order valence-corrected chi connectivity index (χ4v) is 4.91. The number of carbonyl (C=O) groups is 1. The molecule has 2 rings (SSSR count). The Bertz CT molecular complexity index is 599. The Morgan fingerprint density at radius 2 is 2.10 bits per heavy atom. The molecule has 6 nitrogen and oxygen atoms in total. The van der Waals surface area contributed by atoms with E-state index in [1.807, 2.05) is 6.92 Å². The monoisotopic (exact) mass is 331 g/mol. The van der Waals surface area contributed by atoms with Crippen molar-refractivity contribution in [1.82, 2.24) is 4.31 Å². The molecule has 0 aromatic heterocycles. The molecule has 0 amide bonds. The Balaban J connectivity index is 2.29. The van der Waals surface area contributed by atoms with Crippen molar-refractivity contribution in [3.8, 4) is 5.75 Å². The predicted molar refractivity (Wildman–Crippen MR) is 80.3 cm³/mol. The van der Waals surface area contributed by atoms with Crippen molar-refractivity contribution in [3.05, 3.63) is 24.3 Å². The first-order chi connectivity index (χ1) is 9.96. The average Bonchev–Trinajstić information content (AvgIpc) is 2.48. The van der Waals surface area contributed by atoms with E-state index in [1.165, 1.54) is 23.9 Å². The zero-order valence-electron chi connectivity index (χ0n) is 11.6. The normalized spacial score (nSPS) is 20.1. The summed E-state index contributed by atoms with van der Waals surface area (Å²) in [5.74, 6) is 0.336. The standard InChI is InChI=1S/C13H17NO5S2/c1-2-19-10-3-5-11(6-4-10)21(17,18)14-7-8-20-9-12(14)13(15)16/h3-6,12H,2,7-9H2,1H3,(H,15,16). The lowest BCUT2D eigenvalue weighted by molar-refractivity contribution is -0.140. The number of sulfonamides is 1. The van der Waals surface area contributed by atoms with E-state index in [9.17, 15) is 18.3 Å². The molecule has 1 aromatic carbocycles. The number of thioether (sulfide) groups is 1. The van der Waals surface area contributed by atoms with E-state index in [0.29, 0.717) is 18.1 Å². The summed E-state index contributed by atoms with van der Waals surface area (Å²) >= 11 is 1.45. The lowest BCUT2D eigenvalue weighted by atomic mass is 10.3. The highest BCUT2D eigenvalue weighted by Gasteiger charge is 2.37. The maximum absolute atomic E-state index is 12.6. The molecular weight excluding hydrogens is 314 g/mol. The van der Waals surface area contributed by atoms with E-state index in [-0.39, 0.29) is 17.2 Å². The van der Waals surface area contributed by atoms with Crippen LogP contribution in [0.25, 0.3) is 0 Å². The van der Waals surface area contributed by atoms with Gasteiger partial charge in [0.1, 0.15) is 11.8 Å². The summed E-state index contributed by atoms with van der Waals surface area (Å²) in [6.07, 6.45) is 0. The summed E-state index contributed by atoms with van der Waals surface area (Å²) in [5.41, 5.74) is 0. The molecular formula is C13H17NO5S2. The zero-order chi connectivity index (χ0) is 15.5. The molecule has 0 aliphatic carbocycles. The first-order valence-corrected chi connectivity index (χ1v) is 9.11. The number of hydrogen-bond donors (Lipinski definition) is 1. The summed E-state index contributed by atoms with van der Waals surface area (Å²) in [4.78, 5) is 11.3. The minimum atomic E-state index is -3.80. The lowest BCUT2D eigenvalue weighted by Gasteiger charge is -2.31. The molecule has 1 unspecified atom stereocenters. The Morgan fingerprint density at radius 3 is 2.67 bits per heavy atom. The SMILES string of the molecule is CCOc1ccc(S(=O)(=O)N2CCSCC2C(=O)O)cc1. The number of carboxylic acid groups (broad SMARTS) is 1. The van der Waals surface area contributed by atoms with E-state index in [1.54, 1.807) is 12.1 Å². The van der Waals surface area contributed by atoms with Gasteiger partial charge in [-0.05, 0) is 31.2 Å². The van der Waals surface area contributed by atoms with Crippen LogP contribution < -0.4 is 4.74 Å². The molecule has 1 N–H and O–H groups in total. The molecule has 0 saturated carbocycles. The van der Waals surface area contributed by atoms with Gasteiger partial charge in [0.25, 0.3) is 0 Å². The van der Waals surface area contributed by atoms with Crippen LogP contribution in [0.15, 0.2) is 29.2 Å². The van der Waals surface area contributed by atoms with Gasteiger partial charge in [-0.25, -0.2) is 8.42 Å². The van der Waals surface area contributed by atoms with E-state index < -0.39 is 22.0 Å². The predicted octanol–water partition coefficient (Wildman–Crippen LogP) is 1.28. The quantitative estimate of drug-likeness (QED) is 0.875. The van der Waals surface area contributed by atoms with E-state index in [2.05, 4.69) is 0 Å². The number of hydrogen-bond acceptors (Lipinski definition) is 5. The van der Waals surface area contributed by atoms with Crippen LogP contribution in [-0.4, -0.2) is 54.5 Å². The van der Waals surface area contributed by atoms with Crippen molar-refractivity contribution >= 4 is 27.8 Å². The summed E-state index contributed by atoms with van der Waals surface area (Å²) in [6.45, 7) is 2.54. The molecule has 1 aromatic rings. The fourth-order valence-electron chi connectivity index (χ4n) is 2.08. The molecule has 8 heteroatoms. The van der Waals surface area contributed by atoms with E-state index >= 15 is 0 Å². The lowest BCUT2D eigenvalue weighted by Crippen LogP contribution is -2.50. The van der Waals surface area contributed by atoms with Gasteiger partial charge in [0, 0.05) is 18.1 Å². The number of rotatable bonds is 5. The van der Waals surface area contributed by atoms with Crippen LogP contribution in [-0.2, 0) is 14.8 Å². The van der Waals surface area contributed by atoms with Crippen LogP contribution in [0.4, 0.5) is 0 Å². The van der Waals surface area contributed by atoms with Crippen molar-refractivity contribution in [1.29, 1.82) is 0 Å².